The fourth-order valence-electron chi connectivity index (χ4n) is 2.82. The number of nitrogens with one attached hydrogen (secondary N) is 3. The monoisotopic (exact) mass is 415 g/mol. The minimum Gasteiger partial charge on any atom is -0.478 e. The van der Waals surface area contributed by atoms with Crippen LogP contribution >= 0.6 is 0 Å². The number of para-hydroxylation sites is 1. The molecule has 158 valence electrons. The molecule has 2 aromatic carbocycles. The van der Waals surface area contributed by atoms with Gasteiger partial charge in [0.25, 0.3) is 17.7 Å². The largest absolute Gasteiger partial charge is 0.478 e. The van der Waals surface area contributed by atoms with Crippen molar-refractivity contribution < 1.29 is 28.2 Å². The van der Waals surface area contributed by atoms with E-state index in [2.05, 4.69) is 16.2 Å². The van der Waals surface area contributed by atoms with Gasteiger partial charge in [-0.2, -0.15) is 0 Å². The van der Waals surface area contributed by atoms with Gasteiger partial charge in [-0.05, 0) is 50.1 Å². The fraction of sp³-hybridized carbons (Fsp3) is 0.286. The number of hydrogen-bond acceptors (Lipinski definition) is 5. The van der Waals surface area contributed by atoms with E-state index in [1.165, 1.54) is 37.3 Å². The molecule has 9 heteroatoms. The van der Waals surface area contributed by atoms with E-state index in [1.54, 1.807) is 18.2 Å². The van der Waals surface area contributed by atoms with Gasteiger partial charge < -0.3 is 14.8 Å². The summed E-state index contributed by atoms with van der Waals surface area (Å²) in [4.78, 5) is 36.5. The highest BCUT2D eigenvalue weighted by molar-refractivity contribution is 5.99. The highest BCUT2D eigenvalue weighted by Crippen LogP contribution is 2.17. The van der Waals surface area contributed by atoms with Crippen LogP contribution in [0.1, 0.15) is 30.1 Å². The molecule has 2 atom stereocenters. The van der Waals surface area contributed by atoms with Gasteiger partial charge in [0.2, 0.25) is 0 Å². The first-order valence-corrected chi connectivity index (χ1v) is 9.48. The smallest absolute Gasteiger partial charge is 0.279 e. The SMILES string of the molecule is CC(Oc1ccccc1F)C(=O)NNC(=O)c1cccc(NC(=O)C2CCCO2)c1. The molecular formula is C21H22FN3O5. The maximum Gasteiger partial charge on any atom is 0.279 e. The molecule has 0 spiro atoms. The Hall–Kier alpha value is -3.46. The predicted octanol–water partition coefficient (Wildman–Crippen LogP) is 2.17. The van der Waals surface area contributed by atoms with E-state index in [1.807, 2.05) is 0 Å². The van der Waals surface area contributed by atoms with Crippen LogP contribution in [0.25, 0.3) is 0 Å². The second-order valence-corrected chi connectivity index (χ2v) is 6.71. The van der Waals surface area contributed by atoms with Crippen molar-refractivity contribution in [1.82, 2.24) is 10.9 Å². The molecule has 0 bridgehead atoms. The molecule has 1 aliphatic heterocycles. The third-order valence-electron chi connectivity index (χ3n) is 4.42. The van der Waals surface area contributed by atoms with E-state index in [9.17, 15) is 18.8 Å². The van der Waals surface area contributed by atoms with Crippen molar-refractivity contribution in [3.05, 3.63) is 59.9 Å². The summed E-state index contributed by atoms with van der Waals surface area (Å²) in [5, 5.41) is 2.71. The van der Waals surface area contributed by atoms with Gasteiger partial charge in [0.1, 0.15) is 6.10 Å². The lowest BCUT2D eigenvalue weighted by molar-refractivity contribution is -0.128. The zero-order valence-corrected chi connectivity index (χ0v) is 16.3. The number of hydrazine groups is 1. The molecule has 0 radical (unpaired) electrons. The van der Waals surface area contributed by atoms with Crippen LogP contribution in [0.4, 0.5) is 10.1 Å². The highest BCUT2D eigenvalue weighted by atomic mass is 19.1. The van der Waals surface area contributed by atoms with Crippen LogP contribution < -0.4 is 20.9 Å². The Bertz CT molecular complexity index is 930. The minimum absolute atomic E-state index is 0.0684. The normalized spacial score (nSPS) is 16.4. The number of amides is 3. The average Bonchev–Trinajstić information content (AvgIpc) is 3.28. The number of hydrogen-bond donors (Lipinski definition) is 3. The summed E-state index contributed by atoms with van der Waals surface area (Å²) < 4.78 is 24.2. The molecular weight excluding hydrogens is 393 g/mol. The molecule has 2 aromatic rings. The Kier molecular flexibility index (Phi) is 6.97. The van der Waals surface area contributed by atoms with Crippen LogP contribution in [-0.2, 0) is 14.3 Å². The average molecular weight is 415 g/mol. The number of carbonyl (C=O) groups is 3. The summed E-state index contributed by atoms with van der Waals surface area (Å²) in [6, 6.07) is 12.0. The van der Waals surface area contributed by atoms with Crippen LogP contribution in [0.2, 0.25) is 0 Å². The number of halogens is 1. The quantitative estimate of drug-likeness (QED) is 0.627. The Labute approximate surface area is 172 Å². The van der Waals surface area contributed by atoms with E-state index in [0.717, 1.165) is 6.42 Å². The maximum atomic E-state index is 13.6. The van der Waals surface area contributed by atoms with Crippen molar-refractivity contribution in [1.29, 1.82) is 0 Å². The van der Waals surface area contributed by atoms with Crippen molar-refractivity contribution >= 4 is 23.4 Å². The van der Waals surface area contributed by atoms with Gasteiger partial charge >= 0.3 is 0 Å². The molecule has 30 heavy (non-hydrogen) atoms. The second-order valence-electron chi connectivity index (χ2n) is 6.71. The second kappa shape index (κ2) is 9.84. The molecule has 0 aliphatic carbocycles. The van der Waals surface area contributed by atoms with Gasteiger partial charge in [0.05, 0.1) is 0 Å². The van der Waals surface area contributed by atoms with E-state index in [0.29, 0.717) is 18.7 Å². The first-order chi connectivity index (χ1) is 14.4. The third-order valence-corrected chi connectivity index (χ3v) is 4.42. The van der Waals surface area contributed by atoms with Crippen molar-refractivity contribution in [3.63, 3.8) is 0 Å². The lowest BCUT2D eigenvalue weighted by atomic mass is 10.1. The molecule has 3 rings (SSSR count). The Balaban J connectivity index is 1.52. The number of anilines is 1. The predicted molar refractivity (Wildman–Crippen MR) is 106 cm³/mol. The minimum atomic E-state index is -1.04. The summed E-state index contributed by atoms with van der Waals surface area (Å²) in [6.45, 7) is 1.98. The number of rotatable bonds is 6. The van der Waals surface area contributed by atoms with Crippen LogP contribution in [0.15, 0.2) is 48.5 Å². The summed E-state index contributed by atoms with van der Waals surface area (Å²) >= 11 is 0. The zero-order valence-electron chi connectivity index (χ0n) is 16.3. The first-order valence-electron chi connectivity index (χ1n) is 9.48. The standard InChI is InChI=1S/C21H22FN3O5/c1-13(30-17-9-3-2-8-16(17)22)19(26)24-25-20(27)14-6-4-7-15(12-14)23-21(28)18-10-5-11-29-18/h2-4,6-9,12-13,18H,5,10-11H2,1H3,(H,23,28)(H,24,26)(H,25,27). The topological polar surface area (TPSA) is 106 Å². The van der Waals surface area contributed by atoms with Gasteiger partial charge in [-0.1, -0.05) is 18.2 Å². The van der Waals surface area contributed by atoms with Crippen molar-refractivity contribution in [3.8, 4) is 5.75 Å². The van der Waals surface area contributed by atoms with Gasteiger partial charge in [0, 0.05) is 17.9 Å². The molecule has 1 heterocycles. The van der Waals surface area contributed by atoms with Crippen LogP contribution in [0.3, 0.4) is 0 Å². The Morgan fingerprint density at radius 1 is 1.13 bits per heavy atom. The number of ether oxygens (including phenoxy) is 2. The molecule has 3 N–H and O–H groups in total. The summed E-state index contributed by atoms with van der Waals surface area (Å²) in [5.74, 6) is -2.18. The molecule has 1 aliphatic rings. The Morgan fingerprint density at radius 3 is 2.67 bits per heavy atom. The van der Waals surface area contributed by atoms with E-state index in [-0.39, 0.29) is 17.2 Å². The summed E-state index contributed by atoms with van der Waals surface area (Å²) in [7, 11) is 0. The summed E-state index contributed by atoms with van der Waals surface area (Å²) in [5.41, 5.74) is 5.16. The van der Waals surface area contributed by atoms with Gasteiger partial charge in [-0.3, -0.25) is 25.2 Å². The molecule has 0 aromatic heterocycles. The molecule has 2 unspecified atom stereocenters. The van der Waals surface area contributed by atoms with E-state index < -0.39 is 29.8 Å². The zero-order chi connectivity index (χ0) is 21.5. The molecule has 1 saturated heterocycles. The fourth-order valence-corrected chi connectivity index (χ4v) is 2.82. The molecule has 8 nitrogen and oxygen atoms in total. The molecule has 3 amide bonds. The third kappa shape index (κ3) is 5.54. The van der Waals surface area contributed by atoms with Crippen LogP contribution in [0, 0.1) is 5.82 Å². The highest BCUT2D eigenvalue weighted by Gasteiger charge is 2.23. The van der Waals surface area contributed by atoms with Crippen molar-refractivity contribution in [2.24, 2.45) is 0 Å². The van der Waals surface area contributed by atoms with Crippen molar-refractivity contribution in [2.45, 2.75) is 32.0 Å². The van der Waals surface area contributed by atoms with Crippen LogP contribution in [-0.4, -0.2) is 36.5 Å². The maximum absolute atomic E-state index is 13.6. The Morgan fingerprint density at radius 2 is 1.93 bits per heavy atom. The van der Waals surface area contributed by atoms with Gasteiger partial charge in [-0.25, -0.2) is 4.39 Å². The van der Waals surface area contributed by atoms with E-state index in [4.69, 9.17) is 9.47 Å². The van der Waals surface area contributed by atoms with Crippen LogP contribution in [0.5, 0.6) is 5.75 Å². The number of benzene rings is 2. The van der Waals surface area contributed by atoms with Crippen molar-refractivity contribution in [2.75, 3.05) is 11.9 Å². The molecule has 0 saturated carbocycles. The van der Waals surface area contributed by atoms with Gasteiger partial charge in [-0.15, -0.1) is 0 Å². The van der Waals surface area contributed by atoms with E-state index >= 15 is 0 Å². The van der Waals surface area contributed by atoms with Gasteiger partial charge in [0.15, 0.2) is 17.7 Å². The molecule has 1 fully saturated rings. The number of carbonyl (C=O) groups excluding carboxylic acids is 3. The first kappa shape index (κ1) is 21.3. The lowest BCUT2D eigenvalue weighted by Crippen LogP contribution is -2.47. The lowest BCUT2D eigenvalue weighted by Gasteiger charge is -2.16. The summed E-state index contributed by atoms with van der Waals surface area (Å²) in [6.07, 6.45) is -0.0401.